The third-order valence-corrected chi connectivity index (χ3v) is 3.37. The first-order chi connectivity index (χ1) is 8.17. The van der Waals surface area contributed by atoms with E-state index in [0.29, 0.717) is 0 Å². The molecular formula is C15H29NO2. The lowest BCUT2D eigenvalue weighted by Crippen LogP contribution is -2.46. The molecule has 1 rings (SSSR count). The van der Waals surface area contributed by atoms with E-state index in [4.69, 9.17) is 5.11 Å². The summed E-state index contributed by atoms with van der Waals surface area (Å²) < 4.78 is 1.20. The molecule has 0 aliphatic heterocycles. The summed E-state index contributed by atoms with van der Waals surface area (Å²) in [5.41, 5.74) is 1.46. The number of quaternary nitrogens is 1. The minimum absolute atomic E-state index is 0. The van der Waals surface area contributed by atoms with Crippen molar-refractivity contribution in [1.29, 1.82) is 0 Å². The van der Waals surface area contributed by atoms with Gasteiger partial charge < -0.3 is 15.1 Å². The molecule has 2 N–H and O–H groups in total. The van der Waals surface area contributed by atoms with Crippen LogP contribution in [-0.2, 0) is 6.54 Å². The standard InChI is InChI=1S/C13H22N.C2H6O.H2O/c1-4-14(5-2,6-3)12-13-10-8-7-9-11-13;1-2-3;/h7-11H,4-6,12H2,1-3H3;3H,2H2,1H3;1H2/q+1;;/p-1. The van der Waals surface area contributed by atoms with E-state index >= 15 is 0 Å². The van der Waals surface area contributed by atoms with Crippen LogP contribution in [0.2, 0.25) is 0 Å². The molecule has 0 unspecified atom stereocenters. The number of nitrogens with zero attached hydrogens (tertiary/aromatic N) is 1. The van der Waals surface area contributed by atoms with E-state index in [0.717, 1.165) is 0 Å². The first kappa shape index (κ1) is 19.4. The maximum atomic E-state index is 7.57. The quantitative estimate of drug-likeness (QED) is 0.822. The van der Waals surface area contributed by atoms with Crippen molar-refractivity contribution in [2.24, 2.45) is 0 Å². The Balaban J connectivity index is 0. The molecule has 3 nitrogen and oxygen atoms in total. The summed E-state index contributed by atoms with van der Waals surface area (Å²) in [6.07, 6.45) is 0. The maximum absolute atomic E-state index is 7.57. The van der Waals surface area contributed by atoms with Gasteiger partial charge in [0.05, 0.1) is 19.6 Å². The molecule has 1 aromatic carbocycles. The monoisotopic (exact) mass is 255 g/mol. The molecule has 0 amide bonds. The molecular weight excluding hydrogens is 226 g/mol. The second-order valence-electron chi connectivity index (χ2n) is 4.25. The van der Waals surface area contributed by atoms with E-state index in [1.54, 1.807) is 6.92 Å². The van der Waals surface area contributed by atoms with E-state index in [1.807, 2.05) is 0 Å². The van der Waals surface area contributed by atoms with Crippen molar-refractivity contribution in [2.45, 2.75) is 34.2 Å². The number of hydrogen-bond donors (Lipinski definition) is 1. The highest BCUT2D eigenvalue weighted by atomic mass is 16.2. The van der Waals surface area contributed by atoms with Gasteiger partial charge in [0, 0.05) is 12.2 Å². The van der Waals surface area contributed by atoms with Gasteiger partial charge in [-0.25, -0.2) is 0 Å². The van der Waals surface area contributed by atoms with Crippen LogP contribution in [0.15, 0.2) is 30.3 Å². The highest BCUT2D eigenvalue weighted by Gasteiger charge is 2.20. The van der Waals surface area contributed by atoms with Gasteiger partial charge in [0.15, 0.2) is 0 Å². The summed E-state index contributed by atoms with van der Waals surface area (Å²) in [5.74, 6) is 0. The minimum atomic E-state index is 0. The van der Waals surface area contributed by atoms with Gasteiger partial charge >= 0.3 is 0 Å². The number of rotatable bonds is 5. The van der Waals surface area contributed by atoms with Crippen molar-refractivity contribution in [3.8, 4) is 0 Å². The number of aliphatic hydroxyl groups is 1. The molecule has 0 atom stereocenters. The highest BCUT2D eigenvalue weighted by Crippen LogP contribution is 2.13. The number of hydrogen-bond acceptors (Lipinski definition) is 2. The van der Waals surface area contributed by atoms with E-state index in [-0.39, 0.29) is 12.1 Å². The van der Waals surface area contributed by atoms with Gasteiger partial charge in [-0.2, -0.15) is 0 Å². The van der Waals surface area contributed by atoms with E-state index in [1.165, 1.54) is 36.2 Å². The van der Waals surface area contributed by atoms with Crippen LogP contribution in [0.25, 0.3) is 0 Å². The van der Waals surface area contributed by atoms with E-state index < -0.39 is 0 Å². The predicted octanol–water partition coefficient (Wildman–Crippen LogP) is 2.88. The molecule has 0 heterocycles. The van der Waals surface area contributed by atoms with Gasteiger partial charge in [-0.1, -0.05) is 30.3 Å². The van der Waals surface area contributed by atoms with Crippen molar-refractivity contribution in [2.75, 3.05) is 26.2 Å². The van der Waals surface area contributed by atoms with Crippen LogP contribution in [-0.4, -0.2) is 41.3 Å². The Bertz CT molecular complexity index is 263. The largest absolute Gasteiger partial charge is 0.870 e. The Morgan fingerprint density at radius 2 is 1.28 bits per heavy atom. The third kappa shape index (κ3) is 6.74. The van der Waals surface area contributed by atoms with Crippen molar-refractivity contribution in [3.63, 3.8) is 0 Å². The molecule has 18 heavy (non-hydrogen) atoms. The average molecular weight is 255 g/mol. The fraction of sp³-hybridized carbons (Fsp3) is 0.600. The lowest BCUT2D eigenvalue weighted by atomic mass is 10.2. The zero-order valence-corrected chi connectivity index (χ0v) is 12.3. The third-order valence-electron chi connectivity index (χ3n) is 3.37. The molecule has 0 spiro atoms. The predicted molar refractivity (Wildman–Crippen MR) is 76.7 cm³/mol. The molecule has 1 aromatic rings. The first-order valence-electron chi connectivity index (χ1n) is 6.67. The molecule has 0 aromatic heterocycles. The smallest absolute Gasteiger partial charge is 0.104 e. The molecule has 106 valence electrons. The Morgan fingerprint density at radius 1 is 0.889 bits per heavy atom. The zero-order valence-electron chi connectivity index (χ0n) is 12.3. The number of benzene rings is 1. The maximum Gasteiger partial charge on any atom is 0.104 e. The Labute approximate surface area is 112 Å². The molecule has 0 bridgehead atoms. The van der Waals surface area contributed by atoms with Crippen LogP contribution in [0.4, 0.5) is 0 Å². The van der Waals surface area contributed by atoms with Crippen LogP contribution in [0.5, 0.6) is 0 Å². The van der Waals surface area contributed by atoms with Gasteiger partial charge in [0.2, 0.25) is 0 Å². The average Bonchev–Trinajstić information content (AvgIpc) is 2.38. The van der Waals surface area contributed by atoms with Gasteiger partial charge in [-0.05, 0) is 27.7 Å². The Morgan fingerprint density at radius 3 is 1.61 bits per heavy atom. The summed E-state index contributed by atoms with van der Waals surface area (Å²) in [5, 5.41) is 7.57. The summed E-state index contributed by atoms with van der Waals surface area (Å²) in [6, 6.07) is 10.8. The SMILES string of the molecule is CCO.CC[N+](CC)(CC)Cc1ccccc1.[OH-]. The molecule has 0 saturated carbocycles. The van der Waals surface area contributed by atoms with Crippen LogP contribution in [0.1, 0.15) is 33.3 Å². The lowest BCUT2D eigenvalue weighted by molar-refractivity contribution is -0.936. The summed E-state index contributed by atoms with van der Waals surface area (Å²) in [4.78, 5) is 0. The molecule has 0 radical (unpaired) electrons. The van der Waals surface area contributed by atoms with Crippen molar-refractivity contribution in [3.05, 3.63) is 35.9 Å². The van der Waals surface area contributed by atoms with E-state index in [9.17, 15) is 0 Å². The fourth-order valence-electron chi connectivity index (χ4n) is 1.98. The summed E-state index contributed by atoms with van der Waals surface area (Å²) in [6.45, 7) is 13.6. The van der Waals surface area contributed by atoms with Crippen LogP contribution in [0, 0.1) is 0 Å². The molecule has 0 saturated heterocycles. The van der Waals surface area contributed by atoms with Gasteiger partial charge in [-0.15, -0.1) is 0 Å². The Hall–Kier alpha value is -0.900. The number of aliphatic hydroxyl groups excluding tert-OH is 1. The molecule has 0 fully saturated rings. The first-order valence-corrected chi connectivity index (χ1v) is 6.67. The van der Waals surface area contributed by atoms with Gasteiger partial charge in [0.25, 0.3) is 0 Å². The Kier molecular flexibility index (Phi) is 12.1. The molecule has 3 heteroatoms. The highest BCUT2D eigenvalue weighted by molar-refractivity contribution is 5.13. The zero-order chi connectivity index (χ0) is 13.1. The fourth-order valence-corrected chi connectivity index (χ4v) is 1.98. The summed E-state index contributed by atoms with van der Waals surface area (Å²) in [7, 11) is 0. The van der Waals surface area contributed by atoms with Gasteiger partial charge in [-0.3, -0.25) is 0 Å². The van der Waals surface area contributed by atoms with Crippen molar-refractivity contribution < 1.29 is 15.1 Å². The van der Waals surface area contributed by atoms with Gasteiger partial charge in [0.1, 0.15) is 6.54 Å². The molecule has 0 aliphatic carbocycles. The summed E-state index contributed by atoms with van der Waals surface area (Å²) >= 11 is 0. The normalized spacial score (nSPS) is 10.1. The van der Waals surface area contributed by atoms with Crippen LogP contribution < -0.4 is 0 Å². The topological polar surface area (TPSA) is 50.2 Å². The second kappa shape index (κ2) is 11.2. The van der Waals surface area contributed by atoms with Crippen molar-refractivity contribution >= 4 is 0 Å². The minimum Gasteiger partial charge on any atom is -0.870 e. The van der Waals surface area contributed by atoms with Crippen LogP contribution >= 0.6 is 0 Å². The van der Waals surface area contributed by atoms with Crippen molar-refractivity contribution in [1.82, 2.24) is 0 Å². The van der Waals surface area contributed by atoms with E-state index in [2.05, 4.69) is 51.1 Å². The molecule has 0 aliphatic rings. The van der Waals surface area contributed by atoms with Crippen LogP contribution in [0.3, 0.4) is 0 Å². The second-order valence-corrected chi connectivity index (χ2v) is 4.25. The lowest BCUT2D eigenvalue weighted by Gasteiger charge is -2.35.